The van der Waals surface area contributed by atoms with Gasteiger partial charge >= 0.3 is 0 Å². The van der Waals surface area contributed by atoms with Crippen LogP contribution in [0, 0.1) is 5.92 Å². The predicted molar refractivity (Wildman–Crippen MR) is 51.3 cm³/mol. The van der Waals surface area contributed by atoms with E-state index in [1.54, 1.807) is 6.92 Å². The molecule has 1 saturated heterocycles. The average molecular weight is 185 g/mol. The first-order chi connectivity index (χ1) is 6.24. The van der Waals surface area contributed by atoms with Crippen LogP contribution in [0.1, 0.15) is 32.6 Å². The SMILES string of the molecule is CC(=O)N1CCCC(CCO)CC1. The molecule has 0 aromatic rings. The Kier molecular flexibility index (Phi) is 4.22. The summed E-state index contributed by atoms with van der Waals surface area (Å²) in [6.45, 7) is 3.69. The van der Waals surface area contributed by atoms with E-state index in [1.807, 2.05) is 4.90 Å². The first-order valence-electron chi connectivity index (χ1n) is 5.10. The highest BCUT2D eigenvalue weighted by Gasteiger charge is 2.17. The van der Waals surface area contributed by atoms with Crippen LogP contribution in [0.5, 0.6) is 0 Å². The Hall–Kier alpha value is -0.570. The topological polar surface area (TPSA) is 40.5 Å². The number of aliphatic hydroxyl groups is 1. The monoisotopic (exact) mass is 185 g/mol. The molecule has 3 heteroatoms. The van der Waals surface area contributed by atoms with Crippen LogP contribution in [-0.4, -0.2) is 35.6 Å². The number of likely N-dealkylation sites (tertiary alicyclic amines) is 1. The maximum atomic E-state index is 11.1. The van der Waals surface area contributed by atoms with Gasteiger partial charge in [-0.3, -0.25) is 4.79 Å². The lowest BCUT2D eigenvalue weighted by Gasteiger charge is -2.18. The quantitative estimate of drug-likeness (QED) is 0.697. The molecule has 1 aliphatic heterocycles. The minimum absolute atomic E-state index is 0.185. The van der Waals surface area contributed by atoms with E-state index in [-0.39, 0.29) is 12.5 Å². The lowest BCUT2D eigenvalue weighted by Crippen LogP contribution is -2.29. The fourth-order valence-corrected chi connectivity index (χ4v) is 1.95. The third kappa shape index (κ3) is 3.35. The number of hydrogen-bond acceptors (Lipinski definition) is 2. The van der Waals surface area contributed by atoms with Crippen molar-refractivity contribution in [2.24, 2.45) is 5.92 Å². The van der Waals surface area contributed by atoms with Crippen LogP contribution >= 0.6 is 0 Å². The molecule has 1 amide bonds. The third-order valence-electron chi connectivity index (χ3n) is 2.83. The molecule has 1 atom stereocenters. The van der Waals surface area contributed by atoms with Gasteiger partial charge in [0.15, 0.2) is 0 Å². The number of hydrogen-bond donors (Lipinski definition) is 1. The van der Waals surface area contributed by atoms with Crippen LogP contribution in [0.2, 0.25) is 0 Å². The van der Waals surface area contributed by atoms with Crippen LogP contribution in [-0.2, 0) is 4.79 Å². The number of carbonyl (C=O) groups is 1. The Morgan fingerprint density at radius 1 is 1.46 bits per heavy atom. The molecule has 0 radical (unpaired) electrons. The minimum atomic E-state index is 0.185. The van der Waals surface area contributed by atoms with Crippen LogP contribution in [0.3, 0.4) is 0 Å². The van der Waals surface area contributed by atoms with E-state index in [2.05, 4.69) is 0 Å². The predicted octanol–water partition coefficient (Wildman–Crippen LogP) is 1.02. The molecule has 1 aliphatic rings. The molecule has 13 heavy (non-hydrogen) atoms. The fraction of sp³-hybridized carbons (Fsp3) is 0.900. The van der Waals surface area contributed by atoms with E-state index in [9.17, 15) is 4.79 Å². The number of carbonyl (C=O) groups excluding carboxylic acids is 1. The van der Waals surface area contributed by atoms with Gasteiger partial charge in [-0.15, -0.1) is 0 Å². The molecule has 1 rings (SSSR count). The van der Waals surface area contributed by atoms with Crippen LogP contribution in [0.4, 0.5) is 0 Å². The standard InChI is InChI=1S/C10H19NO2/c1-9(13)11-6-2-3-10(4-7-11)5-8-12/h10,12H,2-8H2,1H3. The van der Waals surface area contributed by atoms with E-state index in [4.69, 9.17) is 5.11 Å². The van der Waals surface area contributed by atoms with Crippen molar-refractivity contribution < 1.29 is 9.90 Å². The lowest BCUT2D eigenvalue weighted by atomic mass is 9.98. The van der Waals surface area contributed by atoms with Crippen molar-refractivity contribution >= 4 is 5.91 Å². The highest BCUT2D eigenvalue weighted by atomic mass is 16.3. The molecule has 0 spiro atoms. The molecular formula is C10H19NO2. The zero-order valence-corrected chi connectivity index (χ0v) is 8.33. The lowest BCUT2D eigenvalue weighted by molar-refractivity contribution is -0.128. The zero-order valence-electron chi connectivity index (χ0n) is 8.33. The van der Waals surface area contributed by atoms with Gasteiger partial charge in [-0.25, -0.2) is 0 Å². The summed E-state index contributed by atoms with van der Waals surface area (Å²) in [5, 5.41) is 8.80. The van der Waals surface area contributed by atoms with Crippen molar-refractivity contribution in [3.05, 3.63) is 0 Å². The van der Waals surface area contributed by atoms with Gasteiger partial charge in [-0.2, -0.15) is 0 Å². The Balaban J connectivity index is 2.35. The summed E-state index contributed by atoms with van der Waals surface area (Å²) in [6.07, 6.45) is 4.19. The van der Waals surface area contributed by atoms with E-state index >= 15 is 0 Å². The van der Waals surface area contributed by atoms with E-state index in [0.717, 1.165) is 38.8 Å². The minimum Gasteiger partial charge on any atom is -0.396 e. The summed E-state index contributed by atoms with van der Waals surface area (Å²) in [5.74, 6) is 0.805. The van der Waals surface area contributed by atoms with Gasteiger partial charge in [-0.1, -0.05) is 0 Å². The first kappa shape index (κ1) is 10.5. The molecule has 0 aromatic carbocycles. The van der Waals surface area contributed by atoms with Gasteiger partial charge in [0.1, 0.15) is 0 Å². The molecule has 1 heterocycles. The zero-order chi connectivity index (χ0) is 9.68. The summed E-state index contributed by atoms with van der Waals surface area (Å²) in [5.41, 5.74) is 0. The van der Waals surface area contributed by atoms with Crippen molar-refractivity contribution in [3.8, 4) is 0 Å². The summed E-state index contributed by atoms with van der Waals surface area (Å²) in [6, 6.07) is 0. The first-order valence-corrected chi connectivity index (χ1v) is 5.10. The summed E-state index contributed by atoms with van der Waals surface area (Å²) < 4.78 is 0. The van der Waals surface area contributed by atoms with Gasteiger partial charge < -0.3 is 10.0 Å². The smallest absolute Gasteiger partial charge is 0.219 e. The number of aliphatic hydroxyl groups excluding tert-OH is 1. The van der Waals surface area contributed by atoms with Crippen molar-refractivity contribution in [2.45, 2.75) is 32.6 Å². The van der Waals surface area contributed by atoms with Crippen molar-refractivity contribution in [1.82, 2.24) is 4.90 Å². The maximum Gasteiger partial charge on any atom is 0.219 e. The molecule has 76 valence electrons. The van der Waals surface area contributed by atoms with Crippen LogP contribution in [0.15, 0.2) is 0 Å². The largest absolute Gasteiger partial charge is 0.396 e. The Morgan fingerprint density at radius 2 is 2.23 bits per heavy atom. The van der Waals surface area contributed by atoms with E-state index in [1.165, 1.54) is 0 Å². The van der Waals surface area contributed by atoms with Gasteiger partial charge in [0.05, 0.1) is 0 Å². The average Bonchev–Trinajstić information content (AvgIpc) is 2.30. The second kappa shape index (κ2) is 5.22. The normalized spacial score (nSPS) is 24.2. The molecule has 0 aliphatic carbocycles. The summed E-state index contributed by atoms with van der Waals surface area (Å²) in [4.78, 5) is 13.0. The highest BCUT2D eigenvalue weighted by Crippen LogP contribution is 2.20. The van der Waals surface area contributed by atoms with Crippen molar-refractivity contribution in [3.63, 3.8) is 0 Å². The number of amides is 1. The Bertz CT molecular complexity index is 170. The van der Waals surface area contributed by atoms with E-state index < -0.39 is 0 Å². The molecule has 0 bridgehead atoms. The fourth-order valence-electron chi connectivity index (χ4n) is 1.95. The third-order valence-corrected chi connectivity index (χ3v) is 2.83. The molecule has 0 aromatic heterocycles. The van der Waals surface area contributed by atoms with Crippen molar-refractivity contribution in [2.75, 3.05) is 19.7 Å². The van der Waals surface area contributed by atoms with Gasteiger partial charge in [0.2, 0.25) is 5.91 Å². The summed E-state index contributed by atoms with van der Waals surface area (Å²) >= 11 is 0. The van der Waals surface area contributed by atoms with Gasteiger partial charge in [0, 0.05) is 26.6 Å². The molecule has 1 unspecified atom stereocenters. The molecule has 3 nitrogen and oxygen atoms in total. The molecule has 1 N–H and O–H groups in total. The molecule has 0 saturated carbocycles. The summed E-state index contributed by atoms with van der Waals surface area (Å²) in [7, 11) is 0. The number of nitrogens with zero attached hydrogens (tertiary/aromatic N) is 1. The maximum absolute atomic E-state index is 11.1. The second-order valence-corrected chi connectivity index (χ2v) is 3.82. The van der Waals surface area contributed by atoms with Gasteiger partial charge in [0.25, 0.3) is 0 Å². The molecule has 1 fully saturated rings. The highest BCUT2D eigenvalue weighted by molar-refractivity contribution is 5.73. The Labute approximate surface area is 79.7 Å². The van der Waals surface area contributed by atoms with Crippen LogP contribution in [0.25, 0.3) is 0 Å². The van der Waals surface area contributed by atoms with Crippen molar-refractivity contribution in [1.29, 1.82) is 0 Å². The molecular weight excluding hydrogens is 166 g/mol. The Morgan fingerprint density at radius 3 is 2.85 bits per heavy atom. The van der Waals surface area contributed by atoms with E-state index in [0.29, 0.717) is 5.92 Å². The number of rotatable bonds is 2. The van der Waals surface area contributed by atoms with Crippen LogP contribution < -0.4 is 0 Å². The van der Waals surface area contributed by atoms with Gasteiger partial charge in [-0.05, 0) is 31.6 Å². The second-order valence-electron chi connectivity index (χ2n) is 3.82.